The summed E-state index contributed by atoms with van der Waals surface area (Å²) in [4.78, 5) is 2.29. The summed E-state index contributed by atoms with van der Waals surface area (Å²) in [7, 11) is 0. The van der Waals surface area contributed by atoms with E-state index < -0.39 is 11.7 Å². The molecule has 0 fully saturated rings. The Bertz CT molecular complexity index is 400. The molecule has 0 heterocycles. The van der Waals surface area contributed by atoms with Gasteiger partial charge in [0.25, 0.3) is 0 Å². The number of nitrogens with one attached hydrogen (secondary N) is 1. The molecule has 0 spiro atoms. The summed E-state index contributed by atoms with van der Waals surface area (Å²) in [5, 5.41) is 0. The maximum atomic E-state index is 12.5. The summed E-state index contributed by atoms with van der Waals surface area (Å²) in [5.74, 6) is 5.54. The zero-order valence-electron chi connectivity index (χ0n) is 12.6. The van der Waals surface area contributed by atoms with E-state index in [9.17, 15) is 13.2 Å². The number of hydrazine groups is 1. The largest absolute Gasteiger partial charge is 0.416 e. The Balaban J connectivity index is 2.57. The van der Waals surface area contributed by atoms with Gasteiger partial charge < -0.3 is 4.90 Å². The highest BCUT2D eigenvalue weighted by molar-refractivity contribution is 5.25. The lowest BCUT2D eigenvalue weighted by Crippen LogP contribution is -2.39. The van der Waals surface area contributed by atoms with Crippen LogP contribution < -0.4 is 11.3 Å². The fourth-order valence-corrected chi connectivity index (χ4v) is 2.24. The molecule has 0 saturated heterocycles. The van der Waals surface area contributed by atoms with Gasteiger partial charge in [-0.05, 0) is 50.2 Å². The number of alkyl halides is 3. The van der Waals surface area contributed by atoms with E-state index in [1.807, 2.05) is 0 Å². The van der Waals surface area contributed by atoms with Crippen LogP contribution in [0.1, 0.15) is 31.4 Å². The summed E-state index contributed by atoms with van der Waals surface area (Å²) < 4.78 is 37.5. The molecule has 21 heavy (non-hydrogen) atoms. The molecule has 0 aliphatic heterocycles. The summed E-state index contributed by atoms with van der Waals surface area (Å²) in [6.07, 6.45) is -2.80. The van der Waals surface area contributed by atoms with Crippen LogP contribution in [0.3, 0.4) is 0 Å². The van der Waals surface area contributed by atoms with Gasteiger partial charge in [-0.1, -0.05) is 26.0 Å². The Morgan fingerprint density at radius 2 is 1.71 bits per heavy atom. The minimum absolute atomic E-state index is 0.0577. The number of hydrogen-bond donors (Lipinski definition) is 2. The first-order chi connectivity index (χ1) is 9.90. The van der Waals surface area contributed by atoms with Gasteiger partial charge in [0.15, 0.2) is 0 Å². The molecule has 0 aromatic heterocycles. The molecule has 1 aromatic carbocycles. The van der Waals surface area contributed by atoms with Crippen LogP contribution in [0.15, 0.2) is 24.3 Å². The second kappa shape index (κ2) is 8.36. The molecule has 1 unspecified atom stereocenters. The van der Waals surface area contributed by atoms with Crippen molar-refractivity contribution in [2.45, 2.75) is 38.9 Å². The van der Waals surface area contributed by atoms with Crippen molar-refractivity contribution >= 4 is 0 Å². The number of hydrogen-bond acceptors (Lipinski definition) is 3. The first-order valence-corrected chi connectivity index (χ1v) is 7.25. The van der Waals surface area contributed by atoms with Crippen molar-refractivity contribution in [1.29, 1.82) is 0 Å². The Kier molecular flexibility index (Phi) is 7.14. The normalized spacial score (nSPS) is 13.7. The molecule has 0 amide bonds. The molecule has 0 aliphatic carbocycles. The van der Waals surface area contributed by atoms with Gasteiger partial charge in [0.05, 0.1) is 5.56 Å². The topological polar surface area (TPSA) is 41.3 Å². The molecule has 0 bridgehead atoms. The maximum Gasteiger partial charge on any atom is 0.416 e. The van der Waals surface area contributed by atoms with E-state index in [4.69, 9.17) is 5.84 Å². The van der Waals surface area contributed by atoms with Crippen molar-refractivity contribution in [1.82, 2.24) is 10.3 Å². The van der Waals surface area contributed by atoms with Crippen LogP contribution in [-0.4, -0.2) is 30.6 Å². The summed E-state index contributed by atoms with van der Waals surface area (Å²) in [6, 6.07) is 5.33. The molecular formula is C15H24F3N3. The predicted molar refractivity (Wildman–Crippen MR) is 78.7 cm³/mol. The first-order valence-electron chi connectivity index (χ1n) is 7.25. The number of nitrogens with zero attached hydrogens (tertiary/aromatic N) is 1. The first kappa shape index (κ1) is 17.9. The van der Waals surface area contributed by atoms with Crippen LogP contribution in [0.4, 0.5) is 13.2 Å². The SMILES string of the molecule is CCN(CC)CCC(Cc1ccc(C(F)(F)F)cc1)NN. The van der Waals surface area contributed by atoms with E-state index in [1.165, 1.54) is 12.1 Å². The lowest BCUT2D eigenvalue weighted by molar-refractivity contribution is -0.137. The minimum atomic E-state index is -4.28. The van der Waals surface area contributed by atoms with Crippen LogP contribution in [0.5, 0.6) is 0 Å². The van der Waals surface area contributed by atoms with Crippen LogP contribution in [-0.2, 0) is 12.6 Å². The molecule has 0 saturated carbocycles. The number of rotatable bonds is 8. The van der Waals surface area contributed by atoms with Gasteiger partial charge in [0, 0.05) is 6.04 Å². The molecule has 0 radical (unpaired) electrons. The van der Waals surface area contributed by atoms with E-state index in [-0.39, 0.29) is 6.04 Å². The molecule has 0 aliphatic rings. The molecule has 1 rings (SSSR count). The third-order valence-electron chi connectivity index (χ3n) is 3.69. The quantitative estimate of drug-likeness (QED) is 0.573. The van der Waals surface area contributed by atoms with E-state index in [2.05, 4.69) is 24.2 Å². The average Bonchev–Trinajstić information content (AvgIpc) is 2.46. The Labute approximate surface area is 124 Å². The molecule has 6 heteroatoms. The van der Waals surface area contributed by atoms with Crippen LogP contribution >= 0.6 is 0 Å². The lowest BCUT2D eigenvalue weighted by atomic mass is 10.0. The molecule has 3 N–H and O–H groups in total. The number of nitrogens with two attached hydrogens (primary N) is 1. The summed E-state index contributed by atoms with van der Waals surface area (Å²) in [6.45, 7) is 7.08. The third-order valence-corrected chi connectivity index (χ3v) is 3.69. The van der Waals surface area contributed by atoms with Gasteiger partial charge in [-0.2, -0.15) is 13.2 Å². The number of benzene rings is 1. The van der Waals surface area contributed by atoms with Crippen molar-refractivity contribution in [3.8, 4) is 0 Å². The number of halogens is 3. The van der Waals surface area contributed by atoms with Crippen LogP contribution in [0, 0.1) is 0 Å². The van der Waals surface area contributed by atoms with Crippen molar-refractivity contribution in [3.63, 3.8) is 0 Å². The maximum absolute atomic E-state index is 12.5. The van der Waals surface area contributed by atoms with Gasteiger partial charge in [-0.15, -0.1) is 0 Å². The second-order valence-corrected chi connectivity index (χ2v) is 5.08. The van der Waals surface area contributed by atoms with Crippen molar-refractivity contribution < 1.29 is 13.2 Å². The van der Waals surface area contributed by atoms with E-state index in [1.54, 1.807) is 0 Å². The Morgan fingerprint density at radius 3 is 2.14 bits per heavy atom. The van der Waals surface area contributed by atoms with Gasteiger partial charge in [-0.25, -0.2) is 0 Å². The molecule has 120 valence electrons. The lowest BCUT2D eigenvalue weighted by Gasteiger charge is -2.22. The van der Waals surface area contributed by atoms with Gasteiger partial charge >= 0.3 is 6.18 Å². The Hall–Kier alpha value is -1.11. The van der Waals surface area contributed by atoms with Gasteiger partial charge in [0.2, 0.25) is 0 Å². The average molecular weight is 303 g/mol. The van der Waals surface area contributed by atoms with E-state index in [0.29, 0.717) is 6.42 Å². The summed E-state index contributed by atoms with van der Waals surface area (Å²) in [5.41, 5.74) is 2.98. The minimum Gasteiger partial charge on any atom is -0.304 e. The van der Waals surface area contributed by atoms with Gasteiger partial charge in [0.1, 0.15) is 0 Å². The molecule has 1 atom stereocenters. The molecule has 3 nitrogen and oxygen atoms in total. The fraction of sp³-hybridized carbons (Fsp3) is 0.600. The van der Waals surface area contributed by atoms with Gasteiger partial charge in [-0.3, -0.25) is 11.3 Å². The smallest absolute Gasteiger partial charge is 0.304 e. The highest BCUT2D eigenvalue weighted by atomic mass is 19.4. The van der Waals surface area contributed by atoms with E-state index in [0.717, 1.165) is 43.8 Å². The van der Waals surface area contributed by atoms with Crippen molar-refractivity contribution in [3.05, 3.63) is 35.4 Å². The molecular weight excluding hydrogens is 279 g/mol. The standard InChI is InChI=1S/C15H24F3N3/c1-3-21(4-2)10-9-14(20-19)11-12-5-7-13(8-6-12)15(16,17)18/h5-8,14,20H,3-4,9-11,19H2,1-2H3. The van der Waals surface area contributed by atoms with Crippen molar-refractivity contribution in [2.75, 3.05) is 19.6 Å². The summed E-state index contributed by atoms with van der Waals surface area (Å²) >= 11 is 0. The van der Waals surface area contributed by atoms with E-state index >= 15 is 0 Å². The highest BCUT2D eigenvalue weighted by Crippen LogP contribution is 2.29. The Morgan fingerprint density at radius 1 is 1.14 bits per heavy atom. The fourth-order valence-electron chi connectivity index (χ4n) is 2.24. The predicted octanol–water partition coefficient (Wildman–Crippen LogP) is 2.81. The monoisotopic (exact) mass is 303 g/mol. The van der Waals surface area contributed by atoms with Crippen LogP contribution in [0.2, 0.25) is 0 Å². The zero-order chi connectivity index (χ0) is 15.9. The zero-order valence-corrected chi connectivity index (χ0v) is 12.6. The van der Waals surface area contributed by atoms with Crippen LogP contribution in [0.25, 0.3) is 0 Å². The molecule has 1 aromatic rings. The highest BCUT2D eigenvalue weighted by Gasteiger charge is 2.29. The van der Waals surface area contributed by atoms with Crippen molar-refractivity contribution in [2.24, 2.45) is 5.84 Å². The second-order valence-electron chi connectivity index (χ2n) is 5.08. The third kappa shape index (κ3) is 6.03.